The van der Waals surface area contributed by atoms with E-state index in [9.17, 15) is 26.4 Å². The highest BCUT2D eigenvalue weighted by Gasteiger charge is 2.17. The van der Waals surface area contributed by atoms with Crippen LogP contribution in [0.2, 0.25) is 0 Å². The number of nitrogens with one attached hydrogen (secondary N) is 2. The summed E-state index contributed by atoms with van der Waals surface area (Å²) >= 11 is 0. The van der Waals surface area contributed by atoms with Crippen LogP contribution in [0.4, 0.5) is 24.5 Å². The molecule has 0 aliphatic rings. The van der Waals surface area contributed by atoms with Gasteiger partial charge in [-0.1, -0.05) is 12.1 Å². The number of benzene rings is 3. The highest BCUT2D eigenvalue weighted by atomic mass is 32.2. The molecule has 0 saturated carbocycles. The minimum absolute atomic E-state index is 0.0496. The molecule has 3 aromatic rings. The van der Waals surface area contributed by atoms with E-state index in [-0.39, 0.29) is 21.8 Å². The van der Waals surface area contributed by atoms with Gasteiger partial charge in [0, 0.05) is 11.6 Å². The quantitative estimate of drug-likeness (QED) is 0.668. The van der Waals surface area contributed by atoms with E-state index < -0.39 is 33.4 Å². The largest absolute Gasteiger partial charge is 0.319 e. The lowest BCUT2D eigenvalue weighted by molar-refractivity contribution is 0.102. The van der Waals surface area contributed by atoms with Crippen LogP contribution in [0.25, 0.3) is 0 Å². The zero-order valence-electron chi connectivity index (χ0n) is 14.1. The Labute approximate surface area is 158 Å². The first-order valence-corrected chi connectivity index (χ1v) is 9.38. The van der Waals surface area contributed by atoms with Crippen molar-refractivity contribution in [3.05, 3.63) is 89.7 Å². The van der Waals surface area contributed by atoms with Crippen LogP contribution in [-0.4, -0.2) is 14.3 Å². The Hall–Kier alpha value is -3.33. The van der Waals surface area contributed by atoms with Gasteiger partial charge in [0.2, 0.25) is 0 Å². The van der Waals surface area contributed by atoms with Gasteiger partial charge in [-0.25, -0.2) is 21.6 Å². The minimum Gasteiger partial charge on any atom is -0.319 e. The molecule has 3 rings (SSSR count). The number of para-hydroxylation sites is 1. The summed E-state index contributed by atoms with van der Waals surface area (Å²) in [6.45, 7) is 0. The molecule has 0 aliphatic carbocycles. The van der Waals surface area contributed by atoms with E-state index in [2.05, 4.69) is 10.0 Å². The predicted octanol–water partition coefficient (Wildman–Crippen LogP) is 4.16. The fourth-order valence-corrected chi connectivity index (χ4v) is 3.39. The van der Waals surface area contributed by atoms with Crippen molar-refractivity contribution in [3.63, 3.8) is 0 Å². The molecule has 0 radical (unpaired) electrons. The van der Waals surface area contributed by atoms with Crippen molar-refractivity contribution in [1.82, 2.24) is 0 Å². The summed E-state index contributed by atoms with van der Waals surface area (Å²) < 4.78 is 66.9. The zero-order chi connectivity index (χ0) is 20.3. The number of amides is 1. The van der Waals surface area contributed by atoms with Crippen LogP contribution >= 0.6 is 0 Å². The summed E-state index contributed by atoms with van der Waals surface area (Å²) in [6, 6.07) is 12.7. The van der Waals surface area contributed by atoms with Crippen LogP contribution in [0.1, 0.15) is 10.4 Å². The van der Waals surface area contributed by atoms with Gasteiger partial charge in [-0.05, 0) is 48.5 Å². The molecular weight excluding hydrogens is 393 g/mol. The van der Waals surface area contributed by atoms with Crippen LogP contribution in [0, 0.1) is 17.5 Å². The molecule has 0 aromatic heterocycles. The average Bonchev–Trinajstić information content (AvgIpc) is 2.66. The standard InChI is InChI=1S/C19H13F3N2O3S/c20-13-7-10-17(16(22)11-13)23-19(25)12-5-8-14(9-6-12)28(26,27)24-18-4-2-1-3-15(18)21/h1-11,24H,(H,23,25). The van der Waals surface area contributed by atoms with Gasteiger partial charge in [-0.2, -0.15) is 0 Å². The molecule has 9 heteroatoms. The van der Waals surface area contributed by atoms with Crippen molar-refractivity contribution in [2.75, 3.05) is 10.0 Å². The molecule has 0 saturated heterocycles. The molecule has 144 valence electrons. The lowest BCUT2D eigenvalue weighted by atomic mass is 10.2. The van der Waals surface area contributed by atoms with E-state index in [1.165, 1.54) is 30.3 Å². The maximum Gasteiger partial charge on any atom is 0.261 e. The number of anilines is 2. The molecule has 3 aromatic carbocycles. The van der Waals surface area contributed by atoms with Crippen LogP contribution in [0.5, 0.6) is 0 Å². The molecule has 0 aliphatic heterocycles. The van der Waals surface area contributed by atoms with Crippen molar-refractivity contribution < 1.29 is 26.4 Å². The predicted molar refractivity (Wildman–Crippen MR) is 98.0 cm³/mol. The Balaban J connectivity index is 1.77. The van der Waals surface area contributed by atoms with Crippen LogP contribution in [-0.2, 0) is 10.0 Å². The Kier molecular flexibility index (Phi) is 5.36. The molecule has 28 heavy (non-hydrogen) atoms. The average molecular weight is 406 g/mol. The van der Waals surface area contributed by atoms with Crippen LogP contribution in [0.15, 0.2) is 71.6 Å². The maximum atomic E-state index is 13.6. The van der Waals surface area contributed by atoms with Gasteiger partial charge in [0.05, 0.1) is 16.3 Å². The first-order chi connectivity index (χ1) is 13.3. The molecule has 1 amide bonds. The van der Waals surface area contributed by atoms with Crippen molar-refractivity contribution in [1.29, 1.82) is 0 Å². The Bertz CT molecular complexity index is 1130. The highest BCUT2D eigenvalue weighted by Crippen LogP contribution is 2.20. The monoisotopic (exact) mass is 406 g/mol. The summed E-state index contributed by atoms with van der Waals surface area (Å²) in [7, 11) is -4.07. The fraction of sp³-hybridized carbons (Fsp3) is 0. The van der Waals surface area contributed by atoms with Crippen LogP contribution < -0.4 is 10.0 Å². The molecule has 0 unspecified atom stereocenters. The van der Waals surface area contributed by atoms with E-state index in [0.29, 0.717) is 6.07 Å². The second-order valence-corrected chi connectivity index (χ2v) is 7.37. The first kappa shape index (κ1) is 19.4. The third-order valence-corrected chi connectivity index (χ3v) is 5.11. The molecular formula is C19H13F3N2O3S. The molecule has 0 atom stereocenters. The van der Waals surface area contributed by atoms with Crippen molar-refractivity contribution >= 4 is 27.3 Å². The number of carbonyl (C=O) groups excluding carboxylic acids is 1. The Morgan fingerprint density at radius 1 is 0.786 bits per heavy atom. The van der Waals surface area contributed by atoms with Gasteiger partial charge in [-0.15, -0.1) is 0 Å². The van der Waals surface area contributed by atoms with Crippen molar-refractivity contribution in [2.45, 2.75) is 4.90 Å². The summed E-state index contributed by atoms with van der Waals surface area (Å²) in [4.78, 5) is 12.0. The lowest BCUT2D eigenvalue weighted by Crippen LogP contribution is -2.15. The summed E-state index contributed by atoms with van der Waals surface area (Å²) in [5, 5.41) is 2.26. The number of halogens is 3. The Morgan fingerprint density at radius 3 is 2.11 bits per heavy atom. The first-order valence-electron chi connectivity index (χ1n) is 7.90. The van der Waals surface area contributed by atoms with Gasteiger partial charge in [0.25, 0.3) is 15.9 Å². The summed E-state index contributed by atoms with van der Waals surface area (Å²) in [5.74, 6) is -3.17. The smallest absolute Gasteiger partial charge is 0.261 e. The van der Waals surface area contributed by atoms with E-state index in [1.807, 2.05) is 0 Å². The normalized spacial score (nSPS) is 11.1. The van der Waals surface area contributed by atoms with E-state index in [1.54, 1.807) is 0 Å². The van der Waals surface area contributed by atoms with Crippen molar-refractivity contribution in [2.24, 2.45) is 0 Å². The van der Waals surface area contributed by atoms with E-state index in [4.69, 9.17) is 0 Å². The molecule has 0 heterocycles. The maximum absolute atomic E-state index is 13.6. The SMILES string of the molecule is O=C(Nc1ccc(F)cc1F)c1ccc(S(=O)(=O)Nc2ccccc2F)cc1. The van der Waals surface area contributed by atoms with Crippen molar-refractivity contribution in [3.8, 4) is 0 Å². The molecule has 0 spiro atoms. The number of carbonyl (C=O) groups is 1. The zero-order valence-corrected chi connectivity index (χ0v) is 14.9. The minimum atomic E-state index is -4.07. The van der Waals surface area contributed by atoms with Crippen LogP contribution in [0.3, 0.4) is 0 Å². The number of sulfonamides is 1. The van der Waals surface area contributed by atoms with Gasteiger partial charge >= 0.3 is 0 Å². The number of hydrogen-bond donors (Lipinski definition) is 2. The summed E-state index contributed by atoms with van der Waals surface area (Å²) in [5.41, 5.74) is -0.381. The molecule has 5 nitrogen and oxygen atoms in total. The third-order valence-electron chi connectivity index (χ3n) is 3.72. The second kappa shape index (κ2) is 7.73. The number of hydrogen-bond acceptors (Lipinski definition) is 3. The van der Waals surface area contributed by atoms with Gasteiger partial charge in [-0.3, -0.25) is 9.52 Å². The highest BCUT2D eigenvalue weighted by molar-refractivity contribution is 7.92. The molecule has 0 bridgehead atoms. The fourth-order valence-electron chi connectivity index (χ4n) is 2.32. The second-order valence-electron chi connectivity index (χ2n) is 5.69. The van der Waals surface area contributed by atoms with Gasteiger partial charge in [0.15, 0.2) is 0 Å². The summed E-state index contributed by atoms with van der Waals surface area (Å²) in [6.07, 6.45) is 0. The lowest BCUT2D eigenvalue weighted by Gasteiger charge is -2.10. The van der Waals surface area contributed by atoms with E-state index >= 15 is 0 Å². The van der Waals surface area contributed by atoms with Gasteiger partial charge < -0.3 is 5.32 Å². The van der Waals surface area contributed by atoms with E-state index in [0.717, 1.165) is 30.3 Å². The molecule has 2 N–H and O–H groups in total. The number of rotatable bonds is 5. The van der Waals surface area contributed by atoms with Gasteiger partial charge in [0.1, 0.15) is 17.5 Å². The topological polar surface area (TPSA) is 75.3 Å². The third kappa shape index (κ3) is 4.32. The Morgan fingerprint density at radius 2 is 1.46 bits per heavy atom. The molecule has 0 fully saturated rings.